The first-order chi connectivity index (χ1) is 11.3. The van der Waals surface area contributed by atoms with Crippen LogP contribution in [0.1, 0.15) is 5.56 Å². The zero-order chi connectivity index (χ0) is 18.2. The SMILES string of the molecule is N#C/C(=C/Nc1cccc(C(F)(F)F)c1)C(=O)N(CCO)CCO. The van der Waals surface area contributed by atoms with Gasteiger partial charge in [0, 0.05) is 25.0 Å². The van der Waals surface area contributed by atoms with E-state index in [9.17, 15) is 18.0 Å². The lowest BCUT2D eigenvalue weighted by Gasteiger charge is -2.20. The number of carbonyl (C=O) groups excluding carboxylic acids is 1. The average molecular weight is 343 g/mol. The molecule has 0 aliphatic carbocycles. The molecule has 0 unspecified atom stereocenters. The van der Waals surface area contributed by atoms with E-state index in [0.717, 1.165) is 23.2 Å². The van der Waals surface area contributed by atoms with Gasteiger partial charge in [-0.05, 0) is 18.2 Å². The van der Waals surface area contributed by atoms with Crippen LogP contribution in [0.3, 0.4) is 0 Å². The molecule has 9 heteroatoms. The molecule has 0 aliphatic heterocycles. The van der Waals surface area contributed by atoms with Crippen LogP contribution >= 0.6 is 0 Å². The van der Waals surface area contributed by atoms with Crippen molar-refractivity contribution >= 4 is 11.6 Å². The number of nitrogens with one attached hydrogen (secondary N) is 1. The second-order valence-electron chi connectivity index (χ2n) is 4.63. The summed E-state index contributed by atoms with van der Waals surface area (Å²) in [6, 6.07) is 5.92. The van der Waals surface area contributed by atoms with Gasteiger partial charge in [0.1, 0.15) is 11.6 Å². The molecule has 0 heterocycles. The van der Waals surface area contributed by atoms with E-state index >= 15 is 0 Å². The van der Waals surface area contributed by atoms with E-state index in [4.69, 9.17) is 15.5 Å². The molecule has 0 saturated heterocycles. The van der Waals surface area contributed by atoms with Gasteiger partial charge in [0.2, 0.25) is 0 Å². The molecule has 0 atom stereocenters. The molecule has 6 nitrogen and oxygen atoms in total. The molecular formula is C15H16F3N3O3. The van der Waals surface area contributed by atoms with Crippen molar-refractivity contribution in [1.82, 2.24) is 4.90 Å². The number of hydrogen-bond acceptors (Lipinski definition) is 5. The molecule has 1 rings (SSSR count). The lowest BCUT2D eigenvalue weighted by molar-refractivity contribution is -0.137. The highest BCUT2D eigenvalue weighted by atomic mass is 19.4. The largest absolute Gasteiger partial charge is 0.416 e. The van der Waals surface area contributed by atoms with Crippen molar-refractivity contribution in [3.63, 3.8) is 0 Å². The summed E-state index contributed by atoms with van der Waals surface area (Å²) < 4.78 is 37.9. The van der Waals surface area contributed by atoms with Crippen molar-refractivity contribution in [1.29, 1.82) is 5.26 Å². The minimum atomic E-state index is -4.51. The Morgan fingerprint density at radius 1 is 1.29 bits per heavy atom. The Bertz CT molecular complexity index is 633. The van der Waals surface area contributed by atoms with E-state index in [1.807, 2.05) is 0 Å². The number of rotatable bonds is 7. The number of benzene rings is 1. The number of aliphatic hydroxyl groups is 2. The number of amides is 1. The van der Waals surface area contributed by atoms with E-state index in [-0.39, 0.29) is 37.6 Å². The van der Waals surface area contributed by atoms with Gasteiger partial charge >= 0.3 is 6.18 Å². The molecule has 3 N–H and O–H groups in total. The normalized spacial score (nSPS) is 11.8. The summed E-state index contributed by atoms with van der Waals surface area (Å²) in [6.45, 7) is -0.874. The predicted octanol–water partition coefficient (Wildman–Crippen LogP) is 1.34. The van der Waals surface area contributed by atoms with Crippen LogP contribution in [0.2, 0.25) is 0 Å². The van der Waals surface area contributed by atoms with Gasteiger partial charge in [-0.3, -0.25) is 4.79 Å². The highest BCUT2D eigenvalue weighted by molar-refractivity contribution is 5.97. The van der Waals surface area contributed by atoms with Crippen LogP contribution in [0.15, 0.2) is 36.0 Å². The molecule has 0 bridgehead atoms. The van der Waals surface area contributed by atoms with Gasteiger partial charge in [-0.1, -0.05) is 6.07 Å². The Balaban J connectivity index is 2.93. The van der Waals surface area contributed by atoms with Crippen LogP contribution in [0.5, 0.6) is 0 Å². The first kappa shape index (κ1) is 19.5. The Morgan fingerprint density at radius 2 is 1.92 bits per heavy atom. The summed E-state index contributed by atoms with van der Waals surface area (Å²) in [6.07, 6.45) is -3.52. The highest BCUT2D eigenvalue weighted by Crippen LogP contribution is 2.30. The number of nitrogens with zero attached hydrogens (tertiary/aromatic N) is 2. The monoisotopic (exact) mass is 343 g/mol. The van der Waals surface area contributed by atoms with Crippen molar-refractivity contribution in [3.8, 4) is 6.07 Å². The van der Waals surface area contributed by atoms with Crippen molar-refractivity contribution < 1.29 is 28.2 Å². The number of hydrogen-bond donors (Lipinski definition) is 3. The van der Waals surface area contributed by atoms with E-state index in [2.05, 4.69) is 5.32 Å². The van der Waals surface area contributed by atoms with Gasteiger partial charge < -0.3 is 20.4 Å². The fourth-order valence-electron chi connectivity index (χ4n) is 1.81. The highest BCUT2D eigenvalue weighted by Gasteiger charge is 2.30. The standard InChI is InChI=1S/C15H16F3N3O3/c16-15(17,18)12-2-1-3-13(8-12)20-10-11(9-19)14(24)21(4-6-22)5-7-23/h1-3,8,10,20,22-23H,4-7H2/b11-10-. The summed E-state index contributed by atoms with van der Waals surface area (Å²) in [5.41, 5.74) is -1.18. The molecule has 0 fully saturated rings. The third-order valence-electron chi connectivity index (χ3n) is 2.95. The fourth-order valence-corrected chi connectivity index (χ4v) is 1.81. The minimum Gasteiger partial charge on any atom is -0.395 e. The number of anilines is 1. The van der Waals surface area contributed by atoms with Crippen LogP contribution in [-0.2, 0) is 11.0 Å². The quantitative estimate of drug-likeness (QED) is 0.513. The van der Waals surface area contributed by atoms with Crippen LogP contribution in [0.25, 0.3) is 0 Å². The van der Waals surface area contributed by atoms with Crippen LogP contribution in [-0.4, -0.2) is 47.3 Å². The van der Waals surface area contributed by atoms with Crippen molar-refractivity contribution in [3.05, 3.63) is 41.6 Å². The van der Waals surface area contributed by atoms with Crippen LogP contribution < -0.4 is 5.32 Å². The molecule has 1 aromatic rings. The predicted molar refractivity (Wildman–Crippen MR) is 79.5 cm³/mol. The van der Waals surface area contributed by atoms with Crippen LogP contribution in [0, 0.1) is 11.3 Å². The average Bonchev–Trinajstić information content (AvgIpc) is 2.54. The third-order valence-corrected chi connectivity index (χ3v) is 2.95. The summed E-state index contributed by atoms with van der Waals surface area (Å²) in [4.78, 5) is 13.2. The van der Waals surface area contributed by atoms with E-state index < -0.39 is 17.6 Å². The molecule has 1 aromatic carbocycles. The maximum Gasteiger partial charge on any atom is 0.416 e. The fraction of sp³-hybridized carbons (Fsp3) is 0.333. The molecule has 0 saturated carbocycles. The lowest BCUT2D eigenvalue weighted by atomic mass is 10.2. The Kier molecular flexibility index (Phi) is 7.23. The third kappa shape index (κ3) is 5.57. The number of nitriles is 1. The maximum absolute atomic E-state index is 12.6. The Morgan fingerprint density at radius 3 is 2.42 bits per heavy atom. The molecule has 0 aliphatic rings. The topological polar surface area (TPSA) is 96.6 Å². The number of halogens is 3. The summed E-state index contributed by atoms with van der Waals surface area (Å²) in [5.74, 6) is -0.750. The molecule has 24 heavy (non-hydrogen) atoms. The second kappa shape index (κ2) is 8.90. The van der Waals surface area contributed by atoms with Gasteiger partial charge in [0.15, 0.2) is 0 Å². The zero-order valence-electron chi connectivity index (χ0n) is 12.5. The smallest absolute Gasteiger partial charge is 0.395 e. The number of alkyl halides is 3. The van der Waals surface area contributed by atoms with E-state index in [1.54, 1.807) is 6.07 Å². The number of carbonyl (C=O) groups is 1. The van der Waals surface area contributed by atoms with Gasteiger partial charge in [0.25, 0.3) is 5.91 Å². The van der Waals surface area contributed by atoms with Crippen LogP contribution in [0.4, 0.5) is 18.9 Å². The summed E-state index contributed by atoms with van der Waals surface area (Å²) in [5, 5.41) is 29.3. The molecule has 1 amide bonds. The van der Waals surface area contributed by atoms with Crippen molar-refractivity contribution in [2.24, 2.45) is 0 Å². The van der Waals surface area contributed by atoms with E-state index in [1.165, 1.54) is 12.1 Å². The van der Waals surface area contributed by atoms with Crippen molar-refractivity contribution in [2.45, 2.75) is 6.18 Å². The molecule has 130 valence electrons. The van der Waals surface area contributed by atoms with Gasteiger partial charge in [-0.15, -0.1) is 0 Å². The summed E-state index contributed by atoms with van der Waals surface area (Å²) >= 11 is 0. The Hall–Kier alpha value is -2.57. The molecule has 0 spiro atoms. The maximum atomic E-state index is 12.6. The first-order valence-corrected chi connectivity index (χ1v) is 6.88. The minimum absolute atomic E-state index is 0.0567. The molecule has 0 aromatic heterocycles. The van der Waals surface area contributed by atoms with Gasteiger partial charge in [-0.25, -0.2) is 0 Å². The zero-order valence-corrected chi connectivity index (χ0v) is 12.5. The Labute approximate surface area is 136 Å². The first-order valence-electron chi connectivity index (χ1n) is 6.88. The number of aliphatic hydroxyl groups excluding tert-OH is 2. The lowest BCUT2D eigenvalue weighted by Crippen LogP contribution is -2.36. The van der Waals surface area contributed by atoms with Gasteiger partial charge in [0.05, 0.1) is 18.8 Å². The second-order valence-corrected chi connectivity index (χ2v) is 4.63. The summed E-state index contributed by atoms with van der Waals surface area (Å²) in [7, 11) is 0. The van der Waals surface area contributed by atoms with Gasteiger partial charge in [-0.2, -0.15) is 18.4 Å². The molecule has 0 radical (unpaired) electrons. The van der Waals surface area contributed by atoms with Crippen molar-refractivity contribution in [2.75, 3.05) is 31.6 Å². The molecular weight excluding hydrogens is 327 g/mol. The van der Waals surface area contributed by atoms with E-state index in [0.29, 0.717) is 0 Å².